The number of carbonyl (C=O) groups is 1. The molecule has 0 aliphatic carbocycles. The minimum Gasteiger partial charge on any atom is -0.356 e. The molecule has 1 atom stereocenters. The van der Waals surface area contributed by atoms with Crippen LogP contribution in [0, 0.1) is 5.92 Å². The van der Waals surface area contributed by atoms with Crippen molar-refractivity contribution in [2.75, 3.05) is 13.1 Å². The Hall–Kier alpha value is -0.830. The maximum Gasteiger partial charge on any atom is 0.224 e. The van der Waals surface area contributed by atoms with E-state index >= 15 is 0 Å². The Labute approximate surface area is 74.0 Å². The molecule has 0 spiro atoms. The number of hydrogen-bond acceptors (Lipinski definition) is 2. The lowest BCUT2D eigenvalue weighted by molar-refractivity contribution is -0.124. The van der Waals surface area contributed by atoms with E-state index in [4.69, 9.17) is 5.73 Å². The van der Waals surface area contributed by atoms with Gasteiger partial charge in [-0.15, -0.1) is 6.58 Å². The van der Waals surface area contributed by atoms with Gasteiger partial charge in [-0.05, 0) is 12.8 Å². The zero-order chi connectivity index (χ0) is 9.40. The zero-order valence-corrected chi connectivity index (χ0v) is 7.68. The Bertz CT molecular complexity index is 141. The molecule has 0 rings (SSSR count). The third kappa shape index (κ3) is 4.13. The quantitative estimate of drug-likeness (QED) is 0.454. The molecule has 0 saturated carbocycles. The first-order valence-corrected chi connectivity index (χ1v) is 4.34. The normalized spacial score (nSPS) is 12.2. The summed E-state index contributed by atoms with van der Waals surface area (Å²) in [6.07, 6.45) is 3.40. The number of hydrogen-bond donors (Lipinski definition) is 2. The summed E-state index contributed by atoms with van der Waals surface area (Å²) in [4.78, 5) is 11.3. The predicted molar refractivity (Wildman–Crippen MR) is 50.7 cm³/mol. The summed E-state index contributed by atoms with van der Waals surface area (Å²) in [7, 11) is 0. The molecule has 0 aliphatic heterocycles. The van der Waals surface area contributed by atoms with Crippen LogP contribution in [0.3, 0.4) is 0 Å². The molecule has 0 aromatic carbocycles. The van der Waals surface area contributed by atoms with Gasteiger partial charge in [0.05, 0.1) is 0 Å². The van der Waals surface area contributed by atoms with Crippen LogP contribution in [0.25, 0.3) is 0 Å². The van der Waals surface area contributed by atoms with E-state index in [0.717, 1.165) is 12.8 Å². The van der Waals surface area contributed by atoms with E-state index in [2.05, 4.69) is 11.9 Å². The maximum absolute atomic E-state index is 11.3. The molecular weight excluding hydrogens is 152 g/mol. The molecule has 0 heterocycles. The molecule has 1 unspecified atom stereocenters. The van der Waals surface area contributed by atoms with Crippen molar-refractivity contribution in [2.45, 2.75) is 19.8 Å². The topological polar surface area (TPSA) is 55.1 Å². The van der Waals surface area contributed by atoms with Crippen molar-refractivity contribution in [3.63, 3.8) is 0 Å². The van der Waals surface area contributed by atoms with E-state index in [-0.39, 0.29) is 11.8 Å². The van der Waals surface area contributed by atoms with Gasteiger partial charge in [0, 0.05) is 19.0 Å². The standard InChI is InChI=1S/C9H18N2O/c1-3-5-6-11-9(12)8(4-2)7-10/h3,8H,1,4-7,10H2,2H3,(H,11,12). The van der Waals surface area contributed by atoms with Crippen molar-refractivity contribution in [1.29, 1.82) is 0 Å². The van der Waals surface area contributed by atoms with Crippen LogP contribution in [0.4, 0.5) is 0 Å². The fraction of sp³-hybridized carbons (Fsp3) is 0.667. The highest BCUT2D eigenvalue weighted by atomic mass is 16.1. The van der Waals surface area contributed by atoms with Crippen molar-refractivity contribution in [1.82, 2.24) is 5.32 Å². The van der Waals surface area contributed by atoms with Crippen LogP contribution in [0.2, 0.25) is 0 Å². The molecule has 0 radical (unpaired) electrons. The summed E-state index contributed by atoms with van der Waals surface area (Å²) in [6.45, 7) is 6.62. The van der Waals surface area contributed by atoms with Gasteiger partial charge in [-0.25, -0.2) is 0 Å². The first-order valence-electron chi connectivity index (χ1n) is 4.34. The highest BCUT2D eigenvalue weighted by molar-refractivity contribution is 5.78. The lowest BCUT2D eigenvalue weighted by Crippen LogP contribution is -2.34. The summed E-state index contributed by atoms with van der Waals surface area (Å²) in [5.74, 6) is 0.0247. The summed E-state index contributed by atoms with van der Waals surface area (Å²) >= 11 is 0. The smallest absolute Gasteiger partial charge is 0.224 e. The van der Waals surface area contributed by atoms with Crippen LogP contribution in [0.15, 0.2) is 12.7 Å². The van der Waals surface area contributed by atoms with Gasteiger partial charge in [0.15, 0.2) is 0 Å². The van der Waals surface area contributed by atoms with Crippen LogP contribution in [-0.2, 0) is 4.79 Å². The Morgan fingerprint density at radius 1 is 1.75 bits per heavy atom. The van der Waals surface area contributed by atoms with Gasteiger partial charge >= 0.3 is 0 Å². The molecule has 0 aromatic heterocycles. The van der Waals surface area contributed by atoms with Gasteiger partial charge in [-0.2, -0.15) is 0 Å². The molecule has 12 heavy (non-hydrogen) atoms. The number of carbonyl (C=O) groups excluding carboxylic acids is 1. The molecule has 0 aliphatic rings. The third-order valence-electron chi connectivity index (χ3n) is 1.80. The molecule has 0 aromatic rings. The first-order chi connectivity index (χ1) is 5.76. The molecule has 70 valence electrons. The molecule has 3 heteroatoms. The van der Waals surface area contributed by atoms with Crippen LogP contribution in [-0.4, -0.2) is 19.0 Å². The van der Waals surface area contributed by atoms with Gasteiger partial charge < -0.3 is 11.1 Å². The Kier molecular flexibility index (Phi) is 6.38. The van der Waals surface area contributed by atoms with E-state index in [1.165, 1.54) is 0 Å². The van der Waals surface area contributed by atoms with Crippen molar-refractivity contribution >= 4 is 5.91 Å². The lowest BCUT2D eigenvalue weighted by atomic mass is 10.1. The number of rotatable bonds is 6. The number of nitrogens with two attached hydrogens (primary N) is 1. The van der Waals surface area contributed by atoms with Crippen molar-refractivity contribution in [2.24, 2.45) is 11.7 Å². The van der Waals surface area contributed by atoms with Gasteiger partial charge in [0.1, 0.15) is 0 Å². The highest BCUT2D eigenvalue weighted by Gasteiger charge is 2.12. The van der Waals surface area contributed by atoms with E-state index in [1.807, 2.05) is 6.92 Å². The highest BCUT2D eigenvalue weighted by Crippen LogP contribution is 1.98. The second-order valence-electron chi connectivity index (χ2n) is 2.71. The molecule has 0 saturated heterocycles. The predicted octanol–water partition coefficient (Wildman–Crippen LogP) is 0.664. The second-order valence-corrected chi connectivity index (χ2v) is 2.71. The minimum atomic E-state index is -0.0326. The van der Waals surface area contributed by atoms with Crippen LogP contribution in [0.5, 0.6) is 0 Å². The van der Waals surface area contributed by atoms with E-state index in [1.54, 1.807) is 6.08 Å². The fourth-order valence-electron chi connectivity index (χ4n) is 0.901. The van der Waals surface area contributed by atoms with E-state index in [0.29, 0.717) is 13.1 Å². The largest absolute Gasteiger partial charge is 0.356 e. The van der Waals surface area contributed by atoms with Crippen molar-refractivity contribution in [3.8, 4) is 0 Å². The van der Waals surface area contributed by atoms with Crippen LogP contribution >= 0.6 is 0 Å². The van der Waals surface area contributed by atoms with Crippen LogP contribution < -0.4 is 11.1 Å². The Morgan fingerprint density at radius 3 is 2.83 bits per heavy atom. The molecule has 0 fully saturated rings. The second kappa shape index (κ2) is 6.85. The van der Waals surface area contributed by atoms with Gasteiger partial charge in [0.25, 0.3) is 0 Å². The molecule has 3 N–H and O–H groups in total. The first kappa shape index (κ1) is 11.2. The Morgan fingerprint density at radius 2 is 2.42 bits per heavy atom. The average molecular weight is 170 g/mol. The number of nitrogens with one attached hydrogen (secondary N) is 1. The molecule has 3 nitrogen and oxygen atoms in total. The molecular formula is C9H18N2O. The van der Waals surface area contributed by atoms with E-state index in [9.17, 15) is 4.79 Å². The van der Waals surface area contributed by atoms with Gasteiger partial charge in [-0.1, -0.05) is 13.0 Å². The Balaban J connectivity index is 3.61. The number of amides is 1. The zero-order valence-electron chi connectivity index (χ0n) is 7.68. The lowest BCUT2D eigenvalue weighted by Gasteiger charge is -2.11. The monoisotopic (exact) mass is 170 g/mol. The SMILES string of the molecule is C=CCCNC(=O)C(CC)CN. The molecule has 1 amide bonds. The van der Waals surface area contributed by atoms with Gasteiger partial charge in [0.2, 0.25) is 5.91 Å². The van der Waals surface area contributed by atoms with Crippen molar-refractivity contribution in [3.05, 3.63) is 12.7 Å². The third-order valence-corrected chi connectivity index (χ3v) is 1.80. The summed E-state index contributed by atoms with van der Waals surface area (Å²) < 4.78 is 0. The van der Waals surface area contributed by atoms with E-state index < -0.39 is 0 Å². The molecule has 0 bridgehead atoms. The average Bonchev–Trinajstić information content (AvgIpc) is 2.07. The summed E-state index contributed by atoms with van der Waals surface area (Å²) in [5.41, 5.74) is 5.41. The van der Waals surface area contributed by atoms with Crippen LogP contribution in [0.1, 0.15) is 19.8 Å². The van der Waals surface area contributed by atoms with Crippen molar-refractivity contribution < 1.29 is 4.79 Å². The maximum atomic E-state index is 11.3. The minimum absolute atomic E-state index is 0.0326. The summed E-state index contributed by atoms with van der Waals surface area (Å²) in [5, 5.41) is 2.80. The fourth-order valence-corrected chi connectivity index (χ4v) is 0.901. The van der Waals surface area contributed by atoms with Gasteiger partial charge in [-0.3, -0.25) is 4.79 Å². The summed E-state index contributed by atoms with van der Waals surface area (Å²) in [6, 6.07) is 0.